The zero-order chi connectivity index (χ0) is 23.4. The molecule has 33 heavy (non-hydrogen) atoms. The van der Waals surface area contributed by atoms with Gasteiger partial charge < -0.3 is 14.3 Å². The highest BCUT2D eigenvalue weighted by atomic mass is 16.2. The first-order chi connectivity index (χ1) is 15.9. The van der Waals surface area contributed by atoms with E-state index in [4.69, 9.17) is 0 Å². The minimum atomic E-state index is 0.104. The third-order valence-electron chi connectivity index (χ3n) is 7.56. The van der Waals surface area contributed by atoms with Gasteiger partial charge in [-0.05, 0) is 43.4 Å². The maximum atomic E-state index is 13.5. The fraction of sp³-hybridized carbons (Fsp3) is 0.500. The lowest BCUT2D eigenvalue weighted by atomic mass is 9.94. The molecule has 3 atom stereocenters. The van der Waals surface area contributed by atoms with Crippen molar-refractivity contribution >= 4 is 11.8 Å². The first-order valence-electron chi connectivity index (χ1n) is 12.4. The lowest BCUT2D eigenvalue weighted by Crippen LogP contribution is -2.74. The molecular formula is C28H38N3O2+. The molecule has 2 aliphatic rings. The number of quaternary nitrogens is 1. The van der Waals surface area contributed by atoms with Crippen molar-refractivity contribution in [2.75, 3.05) is 39.3 Å². The maximum Gasteiger partial charge on any atom is 0.278 e. The fourth-order valence-corrected chi connectivity index (χ4v) is 5.67. The first-order valence-corrected chi connectivity index (χ1v) is 12.4. The van der Waals surface area contributed by atoms with E-state index in [0.29, 0.717) is 25.6 Å². The highest BCUT2D eigenvalue weighted by Crippen LogP contribution is 2.30. The monoisotopic (exact) mass is 448 g/mol. The third kappa shape index (κ3) is 5.30. The highest BCUT2D eigenvalue weighted by molar-refractivity contribution is 5.94. The van der Waals surface area contributed by atoms with Crippen LogP contribution in [0.25, 0.3) is 0 Å². The van der Waals surface area contributed by atoms with Crippen LogP contribution in [0, 0.1) is 5.92 Å². The molecule has 2 heterocycles. The Morgan fingerprint density at radius 1 is 1.06 bits per heavy atom. The summed E-state index contributed by atoms with van der Waals surface area (Å²) in [6.07, 6.45) is 1.93. The topological polar surface area (TPSA) is 40.6 Å². The third-order valence-corrected chi connectivity index (χ3v) is 7.56. The molecule has 5 heteroatoms. The molecule has 2 aromatic carbocycles. The Morgan fingerprint density at radius 2 is 1.73 bits per heavy atom. The summed E-state index contributed by atoms with van der Waals surface area (Å²) in [6, 6.07) is 20.5. The zero-order valence-electron chi connectivity index (χ0n) is 20.3. The number of hydrogen-bond donors (Lipinski definition) is 0. The quantitative estimate of drug-likeness (QED) is 0.630. The summed E-state index contributed by atoms with van der Waals surface area (Å²) in [5.41, 5.74) is 2.03. The molecule has 5 nitrogen and oxygen atoms in total. The SMILES string of the molecule is CC(C)C[C@H]1C[N+]2(CCN(C(=O)c3ccccc3)C[C@@H]2C)CC(=O)N1CCc1ccccc1. The molecule has 0 aliphatic carbocycles. The van der Waals surface area contributed by atoms with Crippen LogP contribution in [0.1, 0.15) is 43.1 Å². The molecule has 0 aromatic heterocycles. The molecule has 2 amide bonds. The molecule has 176 valence electrons. The number of rotatable bonds is 6. The van der Waals surface area contributed by atoms with Gasteiger partial charge in [-0.15, -0.1) is 0 Å². The van der Waals surface area contributed by atoms with Crippen LogP contribution in [-0.4, -0.2) is 77.4 Å². The standard InChI is InChI=1S/C28H38N3O2/c1-22(2)18-26-20-31(21-27(32)30(26)15-14-24-10-6-4-7-11-24)17-16-29(19-23(31)3)28(33)25-12-8-5-9-13-25/h4-13,22-23,26H,14-21H2,1-3H3/q+1/t23-,26-,31?/m0/s1. The van der Waals surface area contributed by atoms with Gasteiger partial charge in [0, 0.05) is 12.1 Å². The van der Waals surface area contributed by atoms with E-state index in [2.05, 4.69) is 49.9 Å². The van der Waals surface area contributed by atoms with E-state index in [1.165, 1.54) is 5.56 Å². The van der Waals surface area contributed by atoms with Crippen LogP contribution in [0.4, 0.5) is 0 Å². The molecule has 1 spiro atoms. The number of hydrogen-bond acceptors (Lipinski definition) is 2. The molecule has 0 N–H and O–H groups in total. The normalized spacial score (nSPS) is 25.6. The Morgan fingerprint density at radius 3 is 2.36 bits per heavy atom. The Labute approximate surface area is 198 Å². The van der Waals surface area contributed by atoms with Crippen molar-refractivity contribution in [3.63, 3.8) is 0 Å². The molecule has 2 aliphatic heterocycles. The van der Waals surface area contributed by atoms with Gasteiger partial charge in [0.1, 0.15) is 12.6 Å². The van der Waals surface area contributed by atoms with E-state index in [-0.39, 0.29) is 23.9 Å². The van der Waals surface area contributed by atoms with E-state index >= 15 is 0 Å². The van der Waals surface area contributed by atoms with Crippen LogP contribution in [-0.2, 0) is 11.2 Å². The van der Waals surface area contributed by atoms with Crippen molar-refractivity contribution in [3.05, 3.63) is 71.8 Å². The number of carbonyl (C=O) groups is 2. The van der Waals surface area contributed by atoms with Gasteiger partial charge in [-0.1, -0.05) is 62.4 Å². The van der Waals surface area contributed by atoms with Crippen molar-refractivity contribution in [1.82, 2.24) is 9.80 Å². The smallest absolute Gasteiger partial charge is 0.278 e. The summed E-state index contributed by atoms with van der Waals surface area (Å²) in [7, 11) is 0. The number of piperazine rings is 2. The number of benzene rings is 2. The Bertz CT molecular complexity index is 946. The van der Waals surface area contributed by atoms with Gasteiger partial charge in [-0.3, -0.25) is 9.59 Å². The number of carbonyl (C=O) groups excluding carboxylic acids is 2. The lowest BCUT2D eigenvalue weighted by Gasteiger charge is -2.55. The van der Waals surface area contributed by atoms with Crippen molar-refractivity contribution in [1.29, 1.82) is 0 Å². The fourth-order valence-electron chi connectivity index (χ4n) is 5.67. The number of nitrogens with zero attached hydrogens (tertiary/aromatic N) is 3. The predicted molar refractivity (Wildman–Crippen MR) is 132 cm³/mol. The lowest BCUT2D eigenvalue weighted by molar-refractivity contribution is -0.951. The second kappa shape index (κ2) is 10.1. The molecule has 0 radical (unpaired) electrons. The molecular weight excluding hydrogens is 410 g/mol. The second-order valence-electron chi connectivity index (χ2n) is 10.4. The maximum absolute atomic E-state index is 13.5. The Hall–Kier alpha value is -2.66. The summed E-state index contributed by atoms with van der Waals surface area (Å²) in [5.74, 6) is 0.917. The average Bonchev–Trinajstić information content (AvgIpc) is 2.81. The predicted octanol–water partition coefficient (Wildman–Crippen LogP) is 3.85. The van der Waals surface area contributed by atoms with Gasteiger partial charge in [0.25, 0.3) is 11.8 Å². The molecule has 0 bridgehead atoms. The van der Waals surface area contributed by atoms with E-state index < -0.39 is 0 Å². The van der Waals surface area contributed by atoms with Crippen molar-refractivity contribution < 1.29 is 14.1 Å². The van der Waals surface area contributed by atoms with E-state index in [1.54, 1.807) is 0 Å². The van der Waals surface area contributed by atoms with Crippen LogP contribution >= 0.6 is 0 Å². The molecule has 2 aromatic rings. The van der Waals surface area contributed by atoms with Gasteiger partial charge in [0.15, 0.2) is 6.54 Å². The summed E-state index contributed by atoms with van der Waals surface area (Å²) >= 11 is 0. The first kappa shape index (κ1) is 23.5. The van der Waals surface area contributed by atoms with Crippen LogP contribution in [0.5, 0.6) is 0 Å². The van der Waals surface area contributed by atoms with Crippen LogP contribution < -0.4 is 0 Å². The van der Waals surface area contributed by atoms with Crippen molar-refractivity contribution in [2.45, 2.75) is 45.7 Å². The van der Waals surface area contributed by atoms with Crippen molar-refractivity contribution in [3.8, 4) is 0 Å². The Kier molecular flexibility index (Phi) is 7.18. The molecule has 0 saturated carbocycles. The Balaban J connectivity index is 1.46. The highest BCUT2D eigenvalue weighted by Gasteiger charge is 2.49. The van der Waals surface area contributed by atoms with Gasteiger partial charge in [-0.25, -0.2) is 0 Å². The molecule has 2 saturated heterocycles. The van der Waals surface area contributed by atoms with Gasteiger partial charge in [0.05, 0.1) is 25.7 Å². The largest absolute Gasteiger partial charge is 0.329 e. The van der Waals surface area contributed by atoms with E-state index in [0.717, 1.165) is 42.5 Å². The van der Waals surface area contributed by atoms with Crippen molar-refractivity contribution in [2.24, 2.45) is 5.92 Å². The summed E-state index contributed by atoms with van der Waals surface area (Å²) < 4.78 is 0.816. The van der Waals surface area contributed by atoms with Gasteiger partial charge in [0.2, 0.25) is 0 Å². The van der Waals surface area contributed by atoms with E-state index in [9.17, 15) is 9.59 Å². The number of amides is 2. The van der Waals surface area contributed by atoms with Gasteiger partial charge >= 0.3 is 0 Å². The minimum absolute atomic E-state index is 0.104. The summed E-state index contributed by atoms with van der Waals surface area (Å²) in [5, 5.41) is 0. The van der Waals surface area contributed by atoms with Crippen LogP contribution in [0.2, 0.25) is 0 Å². The van der Waals surface area contributed by atoms with Crippen LogP contribution in [0.3, 0.4) is 0 Å². The molecule has 2 fully saturated rings. The summed E-state index contributed by atoms with van der Waals surface area (Å²) in [6.45, 7) is 11.3. The minimum Gasteiger partial charge on any atom is -0.329 e. The second-order valence-corrected chi connectivity index (χ2v) is 10.4. The summed E-state index contributed by atoms with van der Waals surface area (Å²) in [4.78, 5) is 30.6. The van der Waals surface area contributed by atoms with E-state index in [1.807, 2.05) is 41.3 Å². The van der Waals surface area contributed by atoms with Crippen LogP contribution in [0.15, 0.2) is 60.7 Å². The molecule has 1 unspecified atom stereocenters. The molecule has 4 rings (SSSR count). The average molecular weight is 449 g/mol. The van der Waals surface area contributed by atoms with Gasteiger partial charge in [-0.2, -0.15) is 0 Å². The zero-order valence-corrected chi connectivity index (χ0v) is 20.3.